The molecule has 0 spiro atoms. The Morgan fingerprint density at radius 1 is 1.56 bits per heavy atom. The van der Waals surface area contributed by atoms with E-state index in [2.05, 4.69) is 12.5 Å². The molecule has 0 amide bonds. The van der Waals surface area contributed by atoms with Crippen LogP contribution in [0.1, 0.15) is 6.42 Å². The number of nitrogens with two attached hydrogens (primary N) is 1. The molecule has 1 atom stereocenters. The van der Waals surface area contributed by atoms with Gasteiger partial charge in [0.25, 0.3) is 0 Å². The Morgan fingerprint density at radius 3 is 2.44 bits per heavy atom. The van der Waals surface area contributed by atoms with Gasteiger partial charge in [-0.05, 0) is 42.9 Å². The standard InChI is InChI=1S/C7H17NS/c1-9(2)4-3-7(5-8)6-9/h7H,3-6,8H2,1-2H3. The van der Waals surface area contributed by atoms with Crippen molar-refractivity contribution in [2.45, 2.75) is 6.42 Å². The third kappa shape index (κ3) is 1.87. The van der Waals surface area contributed by atoms with Gasteiger partial charge in [-0.25, -0.2) is 10.0 Å². The highest BCUT2D eigenvalue weighted by atomic mass is 32.3. The van der Waals surface area contributed by atoms with Crippen LogP contribution < -0.4 is 5.73 Å². The van der Waals surface area contributed by atoms with E-state index in [4.69, 9.17) is 5.73 Å². The summed E-state index contributed by atoms with van der Waals surface area (Å²) in [5.74, 6) is 3.73. The predicted octanol–water partition coefficient (Wildman–Crippen LogP) is 1.03. The van der Waals surface area contributed by atoms with Gasteiger partial charge in [-0.3, -0.25) is 0 Å². The predicted molar refractivity (Wildman–Crippen MR) is 46.3 cm³/mol. The number of rotatable bonds is 1. The SMILES string of the molecule is CS1(C)CCC(CN)C1. The van der Waals surface area contributed by atoms with Crippen molar-refractivity contribution in [1.82, 2.24) is 0 Å². The van der Waals surface area contributed by atoms with Crippen molar-refractivity contribution < 1.29 is 0 Å². The molecule has 0 saturated carbocycles. The summed E-state index contributed by atoms with van der Waals surface area (Å²) in [7, 11) is -0.188. The van der Waals surface area contributed by atoms with E-state index in [9.17, 15) is 0 Å². The van der Waals surface area contributed by atoms with Crippen LogP contribution >= 0.6 is 10.0 Å². The summed E-state index contributed by atoms with van der Waals surface area (Å²) in [6.07, 6.45) is 6.23. The van der Waals surface area contributed by atoms with E-state index in [1.54, 1.807) is 0 Å². The van der Waals surface area contributed by atoms with Gasteiger partial charge in [0.05, 0.1) is 0 Å². The summed E-state index contributed by atoms with van der Waals surface area (Å²) in [6.45, 7) is 0.913. The molecular formula is C7H17NS. The van der Waals surface area contributed by atoms with E-state index in [1.807, 2.05) is 0 Å². The Labute approximate surface area is 59.3 Å². The quantitative estimate of drug-likeness (QED) is 0.589. The molecule has 1 fully saturated rings. The summed E-state index contributed by atoms with van der Waals surface area (Å²) >= 11 is 0. The molecule has 2 N–H and O–H groups in total. The first-order valence-corrected chi connectivity index (χ1v) is 6.31. The maximum Gasteiger partial charge on any atom is -0.00413 e. The maximum absolute atomic E-state index is 5.57. The second kappa shape index (κ2) is 2.51. The molecule has 56 valence electrons. The highest BCUT2D eigenvalue weighted by molar-refractivity contribution is 8.32. The van der Waals surface area contributed by atoms with Crippen LogP contribution in [-0.2, 0) is 0 Å². The maximum atomic E-state index is 5.57. The molecule has 1 unspecified atom stereocenters. The van der Waals surface area contributed by atoms with Crippen molar-refractivity contribution in [3.05, 3.63) is 0 Å². The van der Waals surface area contributed by atoms with E-state index >= 15 is 0 Å². The Bertz CT molecular complexity index is 101. The zero-order valence-electron chi connectivity index (χ0n) is 6.39. The fourth-order valence-corrected chi connectivity index (χ4v) is 4.19. The Morgan fingerprint density at radius 2 is 2.22 bits per heavy atom. The minimum Gasteiger partial charge on any atom is -0.330 e. The molecule has 9 heavy (non-hydrogen) atoms. The molecule has 0 aromatic heterocycles. The van der Waals surface area contributed by atoms with E-state index in [0.29, 0.717) is 0 Å². The first-order chi connectivity index (χ1) is 4.14. The topological polar surface area (TPSA) is 26.0 Å². The molecule has 1 nitrogen and oxygen atoms in total. The largest absolute Gasteiger partial charge is 0.330 e. The summed E-state index contributed by atoms with van der Waals surface area (Å²) in [5.41, 5.74) is 5.57. The van der Waals surface area contributed by atoms with Gasteiger partial charge in [0.15, 0.2) is 0 Å². The average molecular weight is 147 g/mol. The lowest BCUT2D eigenvalue weighted by molar-refractivity contribution is 0.611. The molecule has 0 aliphatic carbocycles. The van der Waals surface area contributed by atoms with E-state index < -0.39 is 0 Å². The average Bonchev–Trinajstić information content (AvgIpc) is 2.10. The second-order valence-electron chi connectivity index (χ2n) is 3.53. The highest BCUT2D eigenvalue weighted by Crippen LogP contribution is 2.48. The van der Waals surface area contributed by atoms with Crippen molar-refractivity contribution in [2.75, 3.05) is 30.6 Å². The fraction of sp³-hybridized carbons (Fsp3) is 1.00. The van der Waals surface area contributed by atoms with Crippen molar-refractivity contribution in [2.24, 2.45) is 11.7 Å². The Balaban J connectivity index is 2.38. The summed E-state index contributed by atoms with van der Waals surface area (Å²) in [4.78, 5) is 0. The minimum absolute atomic E-state index is 0.188. The molecule has 1 saturated heterocycles. The van der Waals surface area contributed by atoms with Crippen LogP contribution in [0.5, 0.6) is 0 Å². The van der Waals surface area contributed by atoms with Crippen LogP contribution in [0.15, 0.2) is 0 Å². The molecule has 1 aliphatic heterocycles. The lowest BCUT2D eigenvalue weighted by atomic mass is 10.1. The monoisotopic (exact) mass is 147 g/mol. The highest BCUT2D eigenvalue weighted by Gasteiger charge is 2.25. The van der Waals surface area contributed by atoms with Crippen molar-refractivity contribution in [3.8, 4) is 0 Å². The lowest BCUT2D eigenvalue weighted by Gasteiger charge is -2.23. The molecule has 1 rings (SSSR count). The minimum atomic E-state index is -0.188. The van der Waals surface area contributed by atoms with Crippen LogP contribution in [0.4, 0.5) is 0 Å². The molecule has 0 aromatic rings. The van der Waals surface area contributed by atoms with Crippen LogP contribution in [0.2, 0.25) is 0 Å². The van der Waals surface area contributed by atoms with Crippen LogP contribution in [0, 0.1) is 5.92 Å². The fourth-order valence-electron chi connectivity index (χ4n) is 1.48. The zero-order chi connectivity index (χ0) is 6.91. The van der Waals surface area contributed by atoms with Gasteiger partial charge in [0.2, 0.25) is 0 Å². The van der Waals surface area contributed by atoms with E-state index in [0.717, 1.165) is 12.5 Å². The smallest absolute Gasteiger partial charge is 0.00413 e. The summed E-state index contributed by atoms with van der Waals surface area (Å²) < 4.78 is 0. The molecule has 0 radical (unpaired) electrons. The molecule has 1 heterocycles. The Hall–Kier alpha value is 0.310. The molecule has 2 heteroatoms. The van der Waals surface area contributed by atoms with Gasteiger partial charge in [0, 0.05) is 0 Å². The zero-order valence-corrected chi connectivity index (χ0v) is 7.21. The molecule has 0 bridgehead atoms. The van der Waals surface area contributed by atoms with Gasteiger partial charge in [-0.1, -0.05) is 0 Å². The van der Waals surface area contributed by atoms with Crippen molar-refractivity contribution >= 4 is 10.0 Å². The van der Waals surface area contributed by atoms with Gasteiger partial charge in [-0.15, -0.1) is 0 Å². The van der Waals surface area contributed by atoms with Crippen molar-refractivity contribution in [1.29, 1.82) is 0 Å². The third-order valence-electron chi connectivity index (χ3n) is 2.10. The molecule has 0 aromatic carbocycles. The van der Waals surface area contributed by atoms with Crippen LogP contribution in [0.3, 0.4) is 0 Å². The van der Waals surface area contributed by atoms with Gasteiger partial charge < -0.3 is 5.73 Å². The number of hydrogen-bond donors (Lipinski definition) is 1. The summed E-state index contributed by atoms with van der Waals surface area (Å²) in [5, 5.41) is 0. The number of hydrogen-bond acceptors (Lipinski definition) is 1. The normalized spacial score (nSPS) is 36.6. The van der Waals surface area contributed by atoms with Crippen molar-refractivity contribution in [3.63, 3.8) is 0 Å². The van der Waals surface area contributed by atoms with Gasteiger partial charge in [0.1, 0.15) is 0 Å². The molecule has 1 aliphatic rings. The first-order valence-electron chi connectivity index (χ1n) is 3.53. The first kappa shape index (κ1) is 7.42. The molecular weight excluding hydrogens is 130 g/mol. The van der Waals surface area contributed by atoms with E-state index in [-0.39, 0.29) is 10.0 Å². The second-order valence-corrected chi connectivity index (χ2v) is 7.80. The van der Waals surface area contributed by atoms with Crippen LogP contribution in [0.25, 0.3) is 0 Å². The van der Waals surface area contributed by atoms with Gasteiger partial charge in [-0.2, -0.15) is 0 Å². The summed E-state index contributed by atoms with van der Waals surface area (Å²) in [6, 6.07) is 0. The van der Waals surface area contributed by atoms with Gasteiger partial charge >= 0.3 is 0 Å². The lowest BCUT2D eigenvalue weighted by Crippen LogP contribution is -2.14. The Kier molecular flexibility index (Phi) is 2.07. The third-order valence-corrected chi connectivity index (χ3v) is 4.81. The van der Waals surface area contributed by atoms with E-state index in [1.165, 1.54) is 17.9 Å². The van der Waals surface area contributed by atoms with Crippen LogP contribution in [-0.4, -0.2) is 30.6 Å².